The normalized spacial score (nSPS) is 27.2. The first-order chi connectivity index (χ1) is 7.13. The van der Waals surface area contributed by atoms with E-state index in [2.05, 4.69) is 4.31 Å². The predicted octanol–water partition coefficient (Wildman–Crippen LogP) is 0.916. The van der Waals surface area contributed by atoms with Crippen molar-refractivity contribution < 1.29 is 13.5 Å². The van der Waals surface area contributed by atoms with Crippen molar-refractivity contribution in [2.75, 3.05) is 45.6 Å². The van der Waals surface area contributed by atoms with E-state index in [-0.39, 0.29) is 12.1 Å². The Labute approximate surface area is 92.9 Å². The molecule has 2 saturated heterocycles. The molecule has 0 atom stereocenters. The lowest BCUT2D eigenvalue weighted by atomic mass is 9.92. The number of alkyl halides is 2. The van der Waals surface area contributed by atoms with Crippen LogP contribution in [-0.4, -0.2) is 66.8 Å². The molecular formula is C9H16F2N2OS. The van der Waals surface area contributed by atoms with Gasteiger partial charge in [0.05, 0.1) is 13.2 Å². The van der Waals surface area contributed by atoms with Gasteiger partial charge in [-0.3, -0.25) is 4.90 Å². The minimum Gasteiger partial charge on any atom is -0.370 e. The van der Waals surface area contributed by atoms with Crippen LogP contribution >= 0.6 is 11.9 Å². The third-order valence-corrected chi connectivity index (χ3v) is 3.72. The fraction of sp³-hybridized carbons (Fsp3) is 1.00. The van der Waals surface area contributed by atoms with Crippen LogP contribution in [0.25, 0.3) is 0 Å². The molecule has 88 valence electrons. The molecule has 1 spiro atoms. The van der Waals surface area contributed by atoms with Crippen LogP contribution in [0.3, 0.4) is 0 Å². The summed E-state index contributed by atoms with van der Waals surface area (Å²) in [4.78, 5) is 1.76. The van der Waals surface area contributed by atoms with Gasteiger partial charge in [0.25, 0.3) is 6.43 Å². The van der Waals surface area contributed by atoms with E-state index >= 15 is 0 Å². The topological polar surface area (TPSA) is 15.7 Å². The molecule has 3 nitrogen and oxygen atoms in total. The van der Waals surface area contributed by atoms with Gasteiger partial charge in [0.15, 0.2) is 0 Å². The van der Waals surface area contributed by atoms with E-state index in [0.717, 1.165) is 13.1 Å². The van der Waals surface area contributed by atoms with Crippen LogP contribution in [0, 0.1) is 0 Å². The Morgan fingerprint density at radius 2 is 2.13 bits per heavy atom. The Bertz CT molecular complexity index is 224. The molecule has 0 aromatic rings. The van der Waals surface area contributed by atoms with Gasteiger partial charge in [-0.15, -0.1) is 0 Å². The summed E-state index contributed by atoms with van der Waals surface area (Å²) in [5, 5.41) is 0. The van der Waals surface area contributed by atoms with Crippen molar-refractivity contribution in [3.05, 3.63) is 0 Å². The Kier molecular flexibility index (Phi) is 3.49. The number of hydrogen-bond donors (Lipinski definition) is 0. The largest absolute Gasteiger partial charge is 0.370 e. The second kappa shape index (κ2) is 4.53. The van der Waals surface area contributed by atoms with E-state index in [1.165, 1.54) is 0 Å². The molecule has 0 aromatic heterocycles. The SMILES string of the molecule is CSN1CCOC2(CN(CC(F)F)C2)C1. The van der Waals surface area contributed by atoms with Gasteiger partial charge in [-0.1, -0.05) is 11.9 Å². The molecular weight excluding hydrogens is 222 g/mol. The molecule has 0 aromatic carbocycles. The molecule has 0 unspecified atom stereocenters. The summed E-state index contributed by atoms with van der Waals surface area (Å²) in [7, 11) is 0. The molecule has 6 heteroatoms. The molecule has 0 bridgehead atoms. The number of rotatable bonds is 3. The summed E-state index contributed by atoms with van der Waals surface area (Å²) in [6.45, 7) is 3.67. The van der Waals surface area contributed by atoms with E-state index in [0.29, 0.717) is 19.7 Å². The smallest absolute Gasteiger partial charge is 0.251 e. The van der Waals surface area contributed by atoms with Crippen molar-refractivity contribution in [3.63, 3.8) is 0 Å². The van der Waals surface area contributed by atoms with Gasteiger partial charge in [-0.05, 0) is 6.26 Å². The second-order valence-electron chi connectivity index (χ2n) is 4.14. The van der Waals surface area contributed by atoms with Crippen molar-refractivity contribution in [3.8, 4) is 0 Å². The zero-order chi connectivity index (χ0) is 10.9. The number of likely N-dealkylation sites (tertiary alicyclic amines) is 1. The lowest BCUT2D eigenvalue weighted by molar-refractivity contribution is -0.176. The van der Waals surface area contributed by atoms with Gasteiger partial charge >= 0.3 is 0 Å². The highest BCUT2D eigenvalue weighted by Gasteiger charge is 2.47. The Balaban J connectivity index is 1.80. The highest BCUT2D eigenvalue weighted by Crippen LogP contribution is 2.31. The van der Waals surface area contributed by atoms with Crippen LogP contribution in [0.5, 0.6) is 0 Å². The third-order valence-electron chi connectivity index (χ3n) is 2.89. The zero-order valence-electron chi connectivity index (χ0n) is 8.79. The van der Waals surface area contributed by atoms with Crippen LogP contribution in [-0.2, 0) is 4.74 Å². The van der Waals surface area contributed by atoms with Crippen molar-refractivity contribution in [2.24, 2.45) is 0 Å². The average Bonchev–Trinajstić information content (AvgIpc) is 2.15. The van der Waals surface area contributed by atoms with Crippen molar-refractivity contribution in [2.45, 2.75) is 12.0 Å². The monoisotopic (exact) mass is 238 g/mol. The van der Waals surface area contributed by atoms with E-state index in [1.54, 1.807) is 16.8 Å². The Hall–Kier alpha value is 0.0900. The maximum Gasteiger partial charge on any atom is 0.251 e. The molecule has 15 heavy (non-hydrogen) atoms. The zero-order valence-corrected chi connectivity index (χ0v) is 9.60. The number of halogens is 2. The summed E-state index contributed by atoms with van der Waals surface area (Å²) in [5.74, 6) is 0. The highest BCUT2D eigenvalue weighted by atomic mass is 32.2. The number of hydrogen-bond acceptors (Lipinski definition) is 4. The maximum absolute atomic E-state index is 12.1. The maximum atomic E-state index is 12.1. The summed E-state index contributed by atoms with van der Waals surface area (Å²) in [6, 6.07) is 0. The van der Waals surface area contributed by atoms with Gasteiger partial charge in [0, 0.05) is 26.2 Å². The van der Waals surface area contributed by atoms with E-state index in [4.69, 9.17) is 4.74 Å². The molecule has 2 aliphatic rings. The van der Waals surface area contributed by atoms with E-state index < -0.39 is 6.43 Å². The van der Waals surface area contributed by atoms with Gasteiger partial charge in [0.2, 0.25) is 0 Å². The molecule has 2 heterocycles. The summed E-state index contributed by atoms with van der Waals surface area (Å²) >= 11 is 1.70. The summed E-state index contributed by atoms with van der Waals surface area (Å²) < 4.78 is 32.2. The van der Waals surface area contributed by atoms with Crippen LogP contribution in [0.15, 0.2) is 0 Å². The lowest BCUT2D eigenvalue weighted by Gasteiger charge is -2.53. The van der Waals surface area contributed by atoms with E-state index in [1.807, 2.05) is 6.26 Å². The molecule has 2 fully saturated rings. The molecule has 2 rings (SSSR count). The second-order valence-corrected chi connectivity index (χ2v) is 5.02. The lowest BCUT2D eigenvalue weighted by Crippen LogP contribution is -2.69. The molecule has 0 radical (unpaired) electrons. The van der Waals surface area contributed by atoms with Gasteiger partial charge < -0.3 is 4.74 Å². The first kappa shape index (κ1) is 11.6. The number of morpholine rings is 1. The van der Waals surface area contributed by atoms with Crippen molar-refractivity contribution in [1.82, 2.24) is 9.21 Å². The first-order valence-electron chi connectivity index (χ1n) is 5.07. The van der Waals surface area contributed by atoms with Crippen LogP contribution < -0.4 is 0 Å². The quantitative estimate of drug-likeness (QED) is 0.679. The molecule has 2 aliphatic heterocycles. The van der Waals surface area contributed by atoms with Crippen LogP contribution in [0.2, 0.25) is 0 Å². The molecule has 0 N–H and O–H groups in total. The fourth-order valence-electron chi connectivity index (χ4n) is 2.25. The highest BCUT2D eigenvalue weighted by molar-refractivity contribution is 7.96. The van der Waals surface area contributed by atoms with Crippen molar-refractivity contribution in [1.29, 1.82) is 0 Å². The molecule has 0 aliphatic carbocycles. The van der Waals surface area contributed by atoms with Gasteiger partial charge in [-0.2, -0.15) is 0 Å². The third kappa shape index (κ3) is 2.61. The van der Waals surface area contributed by atoms with Gasteiger partial charge in [0.1, 0.15) is 5.60 Å². The predicted molar refractivity (Wildman–Crippen MR) is 56.2 cm³/mol. The van der Waals surface area contributed by atoms with Crippen molar-refractivity contribution >= 4 is 11.9 Å². The number of ether oxygens (including phenoxy) is 1. The Morgan fingerprint density at radius 1 is 1.40 bits per heavy atom. The Morgan fingerprint density at radius 3 is 2.73 bits per heavy atom. The van der Waals surface area contributed by atoms with Crippen LogP contribution in [0.4, 0.5) is 8.78 Å². The first-order valence-corrected chi connectivity index (χ1v) is 6.25. The van der Waals surface area contributed by atoms with Gasteiger partial charge in [-0.25, -0.2) is 13.1 Å². The average molecular weight is 238 g/mol. The van der Waals surface area contributed by atoms with Crippen LogP contribution in [0.1, 0.15) is 0 Å². The summed E-state index contributed by atoms with van der Waals surface area (Å²) in [6.07, 6.45) is -0.197. The molecule has 0 saturated carbocycles. The fourth-order valence-corrected chi connectivity index (χ4v) is 2.87. The standard InChI is InChI=1S/C9H16F2N2OS/c1-15-13-2-3-14-9(7-13)5-12(6-9)4-8(10)11/h8H,2-7H2,1H3. The minimum atomic E-state index is -2.23. The van der Waals surface area contributed by atoms with E-state index in [9.17, 15) is 8.78 Å². The molecule has 0 amide bonds. The summed E-state index contributed by atoms with van der Waals surface area (Å²) in [5.41, 5.74) is -0.170. The minimum absolute atomic E-state index is 0.121. The number of nitrogens with zero attached hydrogens (tertiary/aromatic N) is 2.